The largest absolute Gasteiger partial charge is 0.314 e. The first-order valence-electron chi connectivity index (χ1n) is 8.06. The highest BCUT2D eigenvalue weighted by atomic mass is 15.1. The van der Waals surface area contributed by atoms with Crippen LogP contribution in [-0.2, 0) is 0 Å². The van der Waals surface area contributed by atoms with E-state index in [1.54, 1.807) is 0 Å². The molecule has 1 aliphatic rings. The molecule has 1 aliphatic heterocycles. The van der Waals surface area contributed by atoms with Gasteiger partial charge in [-0.3, -0.25) is 4.90 Å². The van der Waals surface area contributed by atoms with Gasteiger partial charge in [-0.2, -0.15) is 5.26 Å². The van der Waals surface area contributed by atoms with Crippen LogP contribution in [0.5, 0.6) is 0 Å². The third-order valence-electron chi connectivity index (χ3n) is 4.45. The summed E-state index contributed by atoms with van der Waals surface area (Å²) in [6.07, 6.45) is 3.76. The van der Waals surface area contributed by atoms with Crippen LogP contribution in [0.3, 0.4) is 0 Å². The van der Waals surface area contributed by atoms with E-state index in [1.807, 2.05) is 12.1 Å². The molecule has 2 rings (SSSR count). The molecule has 114 valence electrons. The SMILES string of the molecule is CC(C)NCC1CCCCN(C)C1c1ccccc1C#N. The average molecular weight is 285 g/mol. The molecule has 2 unspecified atom stereocenters. The summed E-state index contributed by atoms with van der Waals surface area (Å²) in [6.45, 7) is 6.52. The fraction of sp³-hybridized carbons (Fsp3) is 0.611. The Bertz CT molecular complexity index is 489. The van der Waals surface area contributed by atoms with E-state index >= 15 is 0 Å². The molecule has 0 amide bonds. The minimum atomic E-state index is 0.342. The summed E-state index contributed by atoms with van der Waals surface area (Å²) in [5.74, 6) is 0.564. The third-order valence-corrected chi connectivity index (χ3v) is 4.45. The number of hydrogen-bond acceptors (Lipinski definition) is 3. The zero-order valence-corrected chi connectivity index (χ0v) is 13.5. The van der Waals surface area contributed by atoms with Crippen LogP contribution in [0.2, 0.25) is 0 Å². The Morgan fingerprint density at radius 1 is 1.33 bits per heavy atom. The maximum atomic E-state index is 9.43. The van der Waals surface area contributed by atoms with E-state index in [0.29, 0.717) is 18.0 Å². The van der Waals surface area contributed by atoms with Crippen molar-refractivity contribution in [3.8, 4) is 6.07 Å². The summed E-state index contributed by atoms with van der Waals surface area (Å²) >= 11 is 0. The summed E-state index contributed by atoms with van der Waals surface area (Å²) in [4.78, 5) is 2.44. The number of hydrogen-bond donors (Lipinski definition) is 1. The number of benzene rings is 1. The smallest absolute Gasteiger partial charge is 0.0995 e. The minimum Gasteiger partial charge on any atom is -0.314 e. The van der Waals surface area contributed by atoms with E-state index < -0.39 is 0 Å². The number of nitriles is 1. The predicted molar refractivity (Wildman–Crippen MR) is 87.0 cm³/mol. The van der Waals surface area contributed by atoms with Crippen molar-refractivity contribution in [1.29, 1.82) is 5.26 Å². The molecule has 0 spiro atoms. The van der Waals surface area contributed by atoms with Gasteiger partial charge in [-0.25, -0.2) is 0 Å². The van der Waals surface area contributed by atoms with Gasteiger partial charge in [0.05, 0.1) is 11.6 Å². The normalized spacial score (nSPS) is 23.8. The molecule has 21 heavy (non-hydrogen) atoms. The monoisotopic (exact) mass is 285 g/mol. The van der Waals surface area contributed by atoms with Crippen molar-refractivity contribution in [2.45, 2.75) is 45.2 Å². The highest BCUT2D eigenvalue weighted by Crippen LogP contribution is 2.35. The van der Waals surface area contributed by atoms with E-state index in [0.717, 1.165) is 18.7 Å². The zero-order chi connectivity index (χ0) is 15.2. The van der Waals surface area contributed by atoms with E-state index in [2.05, 4.69) is 49.3 Å². The minimum absolute atomic E-state index is 0.342. The lowest BCUT2D eigenvalue weighted by Crippen LogP contribution is -2.37. The molecule has 0 bridgehead atoms. The Morgan fingerprint density at radius 2 is 2.10 bits per heavy atom. The number of likely N-dealkylation sites (tertiary alicyclic amines) is 1. The third kappa shape index (κ3) is 4.06. The molecule has 2 atom stereocenters. The summed E-state index contributed by atoms with van der Waals surface area (Å²) in [6, 6.07) is 11.3. The second-order valence-corrected chi connectivity index (χ2v) is 6.44. The Kier molecular flexibility index (Phi) is 5.78. The van der Waals surface area contributed by atoms with Gasteiger partial charge in [0.25, 0.3) is 0 Å². The molecule has 1 N–H and O–H groups in total. The van der Waals surface area contributed by atoms with Gasteiger partial charge in [-0.1, -0.05) is 38.5 Å². The number of nitrogens with one attached hydrogen (secondary N) is 1. The molecule has 3 heteroatoms. The molecule has 1 aromatic carbocycles. The van der Waals surface area contributed by atoms with Crippen LogP contribution < -0.4 is 5.32 Å². The summed E-state index contributed by atoms with van der Waals surface area (Å²) in [7, 11) is 2.20. The second kappa shape index (κ2) is 7.59. The fourth-order valence-electron chi connectivity index (χ4n) is 3.37. The Hall–Kier alpha value is -1.37. The van der Waals surface area contributed by atoms with Crippen LogP contribution >= 0.6 is 0 Å². The van der Waals surface area contributed by atoms with E-state index in [4.69, 9.17) is 0 Å². The second-order valence-electron chi connectivity index (χ2n) is 6.44. The van der Waals surface area contributed by atoms with Crippen molar-refractivity contribution in [1.82, 2.24) is 10.2 Å². The maximum Gasteiger partial charge on any atom is 0.0995 e. The summed E-state index contributed by atoms with van der Waals surface area (Å²) in [5, 5.41) is 13.0. The van der Waals surface area contributed by atoms with Gasteiger partial charge in [0.2, 0.25) is 0 Å². The van der Waals surface area contributed by atoms with Crippen molar-refractivity contribution in [2.75, 3.05) is 20.1 Å². The standard InChI is InChI=1S/C18H27N3/c1-14(2)20-13-16-9-6-7-11-21(3)18(16)17-10-5-4-8-15(17)12-19/h4-5,8,10,14,16,18,20H,6-7,9,11,13H2,1-3H3. The molecule has 1 saturated heterocycles. The molecule has 0 aromatic heterocycles. The van der Waals surface area contributed by atoms with Crippen LogP contribution in [0.4, 0.5) is 0 Å². The van der Waals surface area contributed by atoms with Crippen LogP contribution in [-0.4, -0.2) is 31.1 Å². The van der Waals surface area contributed by atoms with Crippen molar-refractivity contribution >= 4 is 0 Å². The van der Waals surface area contributed by atoms with E-state index in [9.17, 15) is 5.26 Å². The highest BCUT2D eigenvalue weighted by molar-refractivity contribution is 5.39. The van der Waals surface area contributed by atoms with Crippen LogP contribution in [0, 0.1) is 17.2 Å². The quantitative estimate of drug-likeness (QED) is 0.922. The molecular formula is C18H27N3. The maximum absolute atomic E-state index is 9.43. The number of nitrogens with zero attached hydrogens (tertiary/aromatic N) is 2. The molecule has 1 fully saturated rings. The van der Waals surface area contributed by atoms with E-state index in [-0.39, 0.29) is 0 Å². The Labute approximate surface area is 129 Å². The van der Waals surface area contributed by atoms with Gasteiger partial charge in [0.15, 0.2) is 0 Å². The Balaban J connectivity index is 2.30. The topological polar surface area (TPSA) is 39.1 Å². The van der Waals surface area contributed by atoms with Gasteiger partial charge in [0, 0.05) is 18.6 Å². The van der Waals surface area contributed by atoms with Crippen molar-refractivity contribution in [2.24, 2.45) is 5.92 Å². The number of rotatable bonds is 4. The first kappa shape index (κ1) is 16.0. The van der Waals surface area contributed by atoms with Crippen molar-refractivity contribution in [3.63, 3.8) is 0 Å². The zero-order valence-electron chi connectivity index (χ0n) is 13.5. The lowest BCUT2D eigenvalue weighted by Gasteiger charge is -2.34. The molecule has 0 saturated carbocycles. The van der Waals surface area contributed by atoms with Crippen LogP contribution in [0.25, 0.3) is 0 Å². The lowest BCUT2D eigenvalue weighted by atomic mass is 9.87. The fourth-order valence-corrected chi connectivity index (χ4v) is 3.37. The summed E-state index contributed by atoms with van der Waals surface area (Å²) < 4.78 is 0. The highest BCUT2D eigenvalue weighted by Gasteiger charge is 2.30. The van der Waals surface area contributed by atoms with Gasteiger partial charge in [0.1, 0.15) is 0 Å². The molecule has 0 radical (unpaired) electrons. The molecule has 1 aromatic rings. The molecule has 1 heterocycles. The Morgan fingerprint density at radius 3 is 2.81 bits per heavy atom. The van der Waals surface area contributed by atoms with Gasteiger partial charge in [-0.15, -0.1) is 0 Å². The average Bonchev–Trinajstić information content (AvgIpc) is 2.66. The van der Waals surface area contributed by atoms with Crippen LogP contribution in [0.15, 0.2) is 24.3 Å². The van der Waals surface area contributed by atoms with Gasteiger partial charge in [-0.05, 0) is 44.0 Å². The van der Waals surface area contributed by atoms with Gasteiger partial charge < -0.3 is 5.32 Å². The van der Waals surface area contributed by atoms with Crippen LogP contribution in [0.1, 0.15) is 50.3 Å². The predicted octanol–water partition coefficient (Wildman–Crippen LogP) is 3.33. The molecule has 0 aliphatic carbocycles. The lowest BCUT2D eigenvalue weighted by molar-refractivity contribution is 0.187. The first-order chi connectivity index (χ1) is 10.1. The first-order valence-corrected chi connectivity index (χ1v) is 8.06. The molecular weight excluding hydrogens is 258 g/mol. The van der Waals surface area contributed by atoms with Crippen molar-refractivity contribution < 1.29 is 0 Å². The summed E-state index contributed by atoms with van der Waals surface area (Å²) in [5.41, 5.74) is 2.02. The molecule has 3 nitrogen and oxygen atoms in total. The van der Waals surface area contributed by atoms with Gasteiger partial charge >= 0.3 is 0 Å². The van der Waals surface area contributed by atoms with E-state index in [1.165, 1.54) is 24.8 Å². The van der Waals surface area contributed by atoms with Crippen molar-refractivity contribution in [3.05, 3.63) is 35.4 Å².